The average Bonchev–Trinajstić information content (AvgIpc) is 3.00. The number of hydrogen-bond donors (Lipinski definition) is 3. The Morgan fingerprint density at radius 1 is 1.02 bits per heavy atom. The van der Waals surface area contributed by atoms with Gasteiger partial charge in [0.2, 0.25) is 5.91 Å². The number of primary amides is 1. The van der Waals surface area contributed by atoms with Crippen LogP contribution in [-0.2, 0) is 25.7 Å². The number of Topliss-reactive ketones (excluding diaryl/α,β-unsaturated/α-hetero) is 4. The summed E-state index contributed by atoms with van der Waals surface area (Å²) in [6, 6.07) is 10.2. The number of phenols is 1. The van der Waals surface area contributed by atoms with Crippen molar-refractivity contribution in [2.45, 2.75) is 38.0 Å². The summed E-state index contributed by atoms with van der Waals surface area (Å²) < 4.78 is 0. The minimum atomic E-state index is -2.78. The highest BCUT2D eigenvalue weighted by Crippen LogP contribution is 2.57. The molecule has 11 nitrogen and oxygen atoms in total. The number of fused-ring (bicyclic) bond motifs is 3. The average molecular weight is 631 g/mol. The van der Waals surface area contributed by atoms with E-state index < -0.39 is 76.2 Å². The van der Waals surface area contributed by atoms with Crippen molar-refractivity contribution in [2.75, 3.05) is 47.3 Å². The van der Waals surface area contributed by atoms with Gasteiger partial charge in [0.25, 0.3) is 0 Å². The van der Waals surface area contributed by atoms with Gasteiger partial charge in [-0.2, -0.15) is 0 Å². The second kappa shape index (κ2) is 11.5. The number of amides is 1. The third-order valence-corrected chi connectivity index (χ3v) is 11.1. The molecule has 0 spiro atoms. The van der Waals surface area contributed by atoms with Crippen LogP contribution >= 0.6 is 0 Å². The number of nitrogens with zero attached hydrogens (tertiary/aromatic N) is 3. The first-order valence-electron chi connectivity index (χ1n) is 15.9. The van der Waals surface area contributed by atoms with Crippen LogP contribution in [0, 0.1) is 29.6 Å². The molecule has 46 heavy (non-hydrogen) atoms. The Bertz CT molecular complexity index is 1650. The number of aromatic hydroxyl groups is 1. The number of likely N-dealkylation sites (N-methyl/N-ethyl adjacent to an activating group) is 2. The lowest BCUT2D eigenvalue weighted by molar-refractivity contribution is -0.188. The smallest absolute Gasteiger partial charge is 0.235 e. The molecule has 1 amide bonds. The predicted molar refractivity (Wildman–Crippen MR) is 169 cm³/mol. The van der Waals surface area contributed by atoms with Crippen molar-refractivity contribution in [1.82, 2.24) is 14.7 Å². The summed E-state index contributed by atoms with van der Waals surface area (Å²) >= 11 is 0. The first-order valence-corrected chi connectivity index (χ1v) is 15.9. The summed E-state index contributed by atoms with van der Waals surface area (Å²) in [7, 11) is 5.25. The molecule has 2 saturated carbocycles. The fourth-order valence-electron chi connectivity index (χ4n) is 8.82. The van der Waals surface area contributed by atoms with Crippen molar-refractivity contribution in [2.24, 2.45) is 35.3 Å². The first kappa shape index (κ1) is 32.2. The van der Waals surface area contributed by atoms with Gasteiger partial charge in [-0.05, 0) is 61.7 Å². The summed E-state index contributed by atoms with van der Waals surface area (Å²) in [6.07, 6.45) is 0. The number of aliphatic hydroxyl groups is 1. The first-order chi connectivity index (χ1) is 21.7. The zero-order valence-electron chi connectivity index (χ0n) is 26.9. The highest BCUT2D eigenvalue weighted by molar-refractivity contribution is 6.32. The van der Waals surface area contributed by atoms with Gasteiger partial charge in [-0.15, -0.1) is 0 Å². The van der Waals surface area contributed by atoms with Crippen LogP contribution in [-0.4, -0.2) is 113 Å². The zero-order chi connectivity index (χ0) is 33.4. The van der Waals surface area contributed by atoms with E-state index in [0.717, 1.165) is 43.9 Å². The van der Waals surface area contributed by atoms with Gasteiger partial charge in [0.05, 0.1) is 17.5 Å². The van der Waals surface area contributed by atoms with E-state index >= 15 is 0 Å². The molecule has 244 valence electrons. The van der Waals surface area contributed by atoms with Crippen LogP contribution in [0.3, 0.4) is 0 Å². The molecule has 8 atom stereocenters. The molecule has 1 heterocycles. The number of nitrogens with two attached hydrogens (primary N) is 1. The molecule has 2 aromatic carbocycles. The fourth-order valence-corrected chi connectivity index (χ4v) is 8.82. The highest BCUT2D eigenvalue weighted by atomic mass is 16.3. The molecule has 1 aliphatic heterocycles. The molecule has 0 radical (unpaired) electrons. The van der Waals surface area contributed by atoms with E-state index in [1.54, 1.807) is 33.2 Å². The van der Waals surface area contributed by atoms with E-state index in [-0.39, 0.29) is 11.3 Å². The second-order valence-corrected chi connectivity index (χ2v) is 13.9. The third-order valence-electron chi connectivity index (χ3n) is 11.1. The maximum atomic E-state index is 14.3. The molecule has 2 unspecified atom stereocenters. The van der Waals surface area contributed by atoms with E-state index in [1.165, 1.54) is 4.90 Å². The lowest BCUT2D eigenvalue weighted by Gasteiger charge is -2.57. The molecule has 4 aliphatic rings. The van der Waals surface area contributed by atoms with Gasteiger partial charge in [-0.3, -0.25) is 33.8 Å². The normalized spacial score (nSPS) is 33.5. The standard InChI is InChI=1S/C35H42N4O7/c1-17-21-9-10-22(20-8-6-7-19(15-20)16-39-13-11-38(5)12-14-39)29(40)24(21)30(41)25-23(17)18(2)27-28(37(3)4)31(42)26(34(36)45)33(44)35(27,46)32(25)43/h6-10,15,17-18,23,25-28,40,46H,11-14,16H2,1-5H3,(H2,36,45)/t17-,18-,23-,25?,26?,27-,28-,35-/m0/s1. The van der Waals surface area contributed by atoms with Gasteiger partial charge in [0.15, 0.2) is 34.7 Å². The van der Waals surface area contributed by atoms with Crippen LogP contribution in [0.25, 0.3) is 11.1 Å². The van der Waals surface area contributed by atoms with Crippen molar-refractivity contribution in [1.29, 1.82) is 0 Å². The summed E-state index contributed by atoms with van der Waals surface area (Å²) in [5, 5.41) is 23.7. The molecule has 6 rings (SSSR count). The predicted octanol–water partition coefficient (Wildman–Crippen LogP) is 1.09. The lowest BCUT2D eigenvalue weighted by atomic mass is 9.47. The molecule has 1 saturated heterocycles. The number of benzene rings is 2. The number of carbonyl (C=O) groups excluding carboxylic acids is 5. The fraction of sp³-hybridized carbons (Fsp3) is 0.514. The Morgan fingerprint density at radius 3 is 2.33 bits per heavy atom. The van der Waals surface area contributed by atoms with E-state index in [2.05, 4.69) is 16.8 Å². The summed E-state index contributed by atoms with van der Waals surface area (Å²) in [6.45, 7) is 8.21. The second-order valence-electron chi connectivity index (χ2n) is 13.9. The van der Waals surface area contributed by atoms with Gasteiger partial charge < -0.3 is 20.8 Å². The summed E-state index contributed by atoms with van der Waals surface area (Å²) in [5.41, 5.74) is 5.45. The molecule has 0 aromatic heterocycles. The van der Waals surface area contributed by atoms with E-state index in [0.29, 0.717) is 11.1 Å². The molecule has 2 aromatic rings. The number of hydrogen-bond acceptors (Lipinski definition) is 10. The van der Waals surface area contributed by atoms with Gasteiger partial charge >= 0.3 is 0 Å². The Labute approximate surface area is 268 Å². The zero-order valence-corrected chi connectivity index (χ0v) is 26.9. The minimum Gasteiger partial charge on any atom is -0.507 e. The quantitative estimate of drug-likeness (QED) is 0.408. The van der Waals surface area contributed by atoms with E-state index in [1.807, 2.05) is 31.2 Å². The van der Waals surface area contributed by atoms with Gasteiger partial charge in [0, 0.05) is 44.2 Å². The molecular formula is C35H42N4O7. The van der Waals surface area contributed by atoms with Crippen molar-refractivity contribution in [3.05, 3.63) is 53.1 Å². The van der Waals surface area contributed by atoms with Crippen LogP contribution in [0.4, 0.5) is 0 Å². The maximum Gasteiger partial charge on any atom is 0.235 e. The minimum absolute atomic E-state index is 0.00623. The largest absolute Gasteiger partial charge is 0.507 e. The number of ketones is 4. The lowest BCUT2D eigenvalue weighted by Crippen LogP contribution is -2.76. The van der Waals surface area contributed by atoms with E-state index in [4.69, 9.17) is 5.73 Å². The Morgan fingerprint density at radius 2 is 1.70 bits per heavy atom. The summed E-state index contributed by atoms with van der Waals surface area (Å²) in [5.74, 6) is -11.7. The maximum absolute atomic E-state index is 14.3. The van der Waals surface area contributed by atoms with Crippen molar-refractivity contribution in [3.8, 4) is 16.9 Å². The van der Waals surface area contributed by atoms with Crippen molar-refractivity contribution < 1.29 is 34.2 Å². The Kier molecular flexibility index (Phi) is 8.03. The van der Waals surface area contributed by atoms with Crippen LogP contribution in [0.5, 0.6) is 5.75 Å². The summed E-state index contributed by atoms with van der Waals surface area (Å²) in [4.78, 5) is 74.3. The number of phenolic OH excluding ortho intramolecular Hbond substituents is 1. The molecule has 11 heteroatoms. The third kappa shape index (κ3) is 4.66. The molecule has 4 N–H and O–H groups in total. The van der Waals surface area contributed by atoms with Crippen LogP contribution < -0.4 is 5.73 Å². The molecule has 3 fully saturated rings. The van der Waals surface area contributed by atoms with Crippen molar-refractivity contribution in [3.63, 3.8) is 0 Å². The van der Waals surface area contributed by atoms with Crippen LogP contribution in [0.15, 0.2) is 36.4 Å². The Balaban J connectivity index is 1.41. The number of carbonyl (C=O) groups is 5. The van der Waals surface area contributed by atoms with Gasteiger partial charge in [-0.25, -0.2) is 0 Å². The van der Waals surface area contributed by atoms with Gasteiger partial charge in [-0.1, -0.05) is 44.2 Å². The topological polar surface area (TPSA) is 162 Å². The SMILES string of the molecule is C[C@H]1[C@H]2C(C(=O)c3c(ccc(-c4cccc(CN5CCN(C)CC5)c4)c3O)[C@@H]2C)C(=O)[C@]2(O)C(=O)C(C(N)=O)C(=O)[C@@H](N(C)C)[C@H]12. The van der Waals surface area contributed by atoms with Gasteiger partial charge in [0.1, 0.15) is 5.75 Å². The highest BCUT2D eigenvalue weighted by Gasteiger charge is 2.72. The molecule has 0 bridgehead atoms. The Hall–Kier alpha value is -3.77. The molecular weight excluding hydrogens is 588 g/mol. The van der Waals surface area contributed by atoms with Crippen LogP contribution in [0.1, 0.15) is 41.3 Å². The van der Waals surface area contributed by atoms with E-state index in [9.17, 15) is 34.2 Å². The number of piperazine rings is 1. The van der Waals surface area contributed by atoms with Crippen LogP contribution in [0.2, 0.25) is 0 Å². The monoisotopic (exact) mass is 630 g/mol. The number of rotatable bonds is 5. The molecule has 3 aliphatic carbocycles. The van der Waals surface area contributed by atoms with Crippen molar-refractivity contribution >= 4 is 29.0 Å².